The van der Waals surface area contributed by atoms with E-state index in [4.69, 9.17) is 4.74 Å². The normalized spacial score (nSPS) is 11.3. The van der Waals surface area contributed by atoms with Crippen LogP contribution < -0.4 is 15.4 Å². The molecule has 0 saturated carbocycles. The molecule has 3 rings (SSSR count). The second-order valence-electron chi connectivity index (χ2n) is 6.30. The van der Waals surface area contributed by atoms with Gasteiger partial charge in [0, 0.05) is 17.7 Å². The van der Waals surface area contributed by atoms with Crippen LogP contribution in [-0.4, -0.2) is 25.0 Å². The highest BCUT2D eigenvalue weighted by atomic mass is 16.5. The van der Waals surface area contributed by atoms with Crippen molar-refractivity contribution < 1.29 is 14.3 Å². The Kier molecular flexibility index (Phi) is 6.41. The molecule has 0 aliphatic carbocycles. The molecule has 0 aromatic heterocycles. The van der Waals surface area contributed by atoms with Gasteiger partial charge < -0.3 is 15.4 Å². The van der Waals surface area contributed by atoms with Gasteiger partial charge in [-0.2, -0.15) is 0 Å². The van der Waals surface area contributed by atoms with Gasteiger partial charge in [-0.15, -0.1) is 0 Å². The van der Waals surface area contributed by atoms with Gasteiger partial charge in [0.25, 0.3) is 5.91 Å². The summed E-state index contributed by atoms with van der Waals surface area (Å²) in [5, 5.41) is 5.71. The minimum absolute atomic E-state index is 0.279. The standard InChI is InChI=1S/C23H22N2O3/c1-28-20-14-12-19(13-15-20)24-23(27)21(16-17-8-4-2-5-9-17)25-22(26)18-10-6-3-7-11-18/h2-15,21H,16H2,1H3,(H,24,27)(H,25,26). The lowest BCUT2D eigenvalue weighted by Crippen LogP contribution is -2.45. The average Bonchev–Trinajstić information content (AvgIpc) is 2.75. The molecule has 0 aliphatic heterocycles. The minimum atomic E-state index is -0.711. The molecule has 0 saturated heterocycles. The molecule has 1 atom stereocenters. The molecule has 142 valence electrons. The fourth-order valence-electron chi connectivity index (χ4n) is 2.79. The summed E-state index contributed by atoms with van der Waals surface area (Å²) in [5.74, 6) is 0.140. The predicted octanol–water partition coefficient (Wildman–Crippen LogP) is 3.68. The summed E-state index contributed by atoms with van der Waals surface area (Å²) in [6.07, 6.45) is 0.390. The lowest BCUT2D eigenvalue weighted by atomic mass is 10.0. The number of methoxy groups -OCH3 is 1. The monoisotopic (exact) mass is 374 g/mol. The van der Waals surface area contributed by atoms with Crippen LogP contribution in [0.4, 0.5) is 5.69 Å². The maximum atomic E-state index is 12.9. The Morgan fingerprint density at radius 1 is 0.857 bits per heavy atom. The van der Waals surface area contributed by atoms with Crippen LogP contribution in [-0.2, 0) is 11.2 Å². The van der Waals surface area contributed by atoms with E-state index in [0.29, 0.717) is 23.4 Å². The first kappa shape index (κ1) is 19.2. The second-order valence-corrected chi connectivity index (χ2v) is 6.30. The largest absolute Gasteiger partial charge is 0.497 e. The zero-order valence-electron chi connectivity index (χ0n) is 15.6. The van der Waals surface area contributed by atoms with Crippen LogP contribution in [0.3, 0.4) is 0 Å². The molecule has 2 N–H and O–H groups in total. The summed E-state index contributed by atoms with van der Waals surface area (Å²) in [6.45, 7) is 0. The van der Waals surface area contributed by atoms with Crippen LogP contribution in [0.2, 0.25) is 0 Å². The molecule has 5 heteroatoms. The number of hydrogen-bond donors (Lipinski definition) is 2. The highest BCUT2D eigenvalue weighted by molar-refractivity contribution is 6.01. The first-order valence-electron chi connectivity index (χ1n) is 9.00. The maximum Gasteiger partial charge on any atom is 0.251 e. The van der Waals surface area contributed by atoms with Crippen LogP contribution >= 0.6 is 0 Å². The van der Waals surface area contributed by atoms with E-state index >= 15 is 0 Å². The van der Waals surface area contributed by atoms with Crippen LogP contribution in [0, 0.1) is 0 Å². The Labute approximate surface area is 164 Å². The smallest absolute Gasteiger partial charge is 0.251 e. The molecule has 1 unspecified atom stereocenters. The Morgan fingerprint density at radius 3 is 2.07 bits per heavy atom. The third kappa shape index (κ3) is 5.20. The number of ether oxygens (including phenoxy) is 1. The number of carbonyl (C=O) groups is 2. The summed E-state index contributed by atoms with van der Waals surface area (Å²) in [6, 6.07) is 24.8. The molecule has 3 aromatic carbocycles. The third-order valence-electron chi connectivity index (χ3n) is 4.30. The Balaban J connectivity index is 1.76. The third-order valence-corrected chi connectivity index (χ3v) is 4.30. The quantitative estimate of drug-likeness (QED) is 0.663. The van der Waals surface area contributed by atoms with Crippen LogP contribution in [0.25, 0.3) is 0 Å². The summed E-state index contributed by atoms with van der Waals surface area (Å²) in [4.78, 5) is 25.5. The lowest BCUT2D eigenvalue weighted by molar-refractivity contribution is -0.118. The average molecular weight is 374 g/mol. The summed E-state index contributed by atoms with van der Waals surface area (Å²) in [5.41, 5.74) is 2.11. The molecular weight excluding hydrogens is 352 g/mol. The molecule has 28 heavy (non-hydrogen) atoms. The van der Waals surface area contributed by atoms with E-state index in [1.807, 2.05) is 36.4 Å². The molecule has 0 bridgehead atoms. The van der Waals surface area contributed by atoms with E-state index in [9.17, 15) is 9.59 Å². The van der Waals surface area contributed by atoms with E-state index in [1.54, 1.807) is 55.6 Å². The molecule has 0 spiro atoms. The van der Waals surface area contributed by atoms with E-state index in [0.717, 1.165) is 5.56 Å². The molecule has 5 nitrogen and oxygen atoms in total. The first-order valence-corrected chi connectivity index (χ1v) is 9.00. The van der Waals surface area contributed by atoms with Crippen molar-refractivity contribution in [1.82, 2.24) is 5.32 Å². The fraction of sp³-hybridized carbons (Fsp3) is 0.130. The van der Waals surface area contributed by atoms with Crippen molar-refractivity contribution in [1.29, 1.82) is 0 Å². The molecule has 2 amide bonds. The summed E-state index contributed by atoms with van der Waals surface area (Å²) < 4.78 is 5.13. The highest BCUT2D eigenvalue weighted by Gasteiger charge is 2.22. The van der Waals surface area contributed by atoms with Crippen molar-refractivity contribution in [2.24, 2.45) is 0 Å². The molecule has 0 aliphatic rings. The number of benzene rings is 3. The van der Waals surface area contributed by atoms with Gasteiger partial charge in [-0.05, 0) is 42.0 Å². The first-order chi connectivity index (χ1) is 13.7. The van der Waals surface area contributed by atoms with Gasteiger partial charge in [0.15, 0.2) is 0 Å². The number of rotatable bonds is 7. The topological polar surface area (TPSA) is 67.4 Å². The molecular formula is C23H22N2O3. The van der Waals surface area contributed by atoms with E-state index in [2.05, 4.69) is 10.6 Å². The lowest BCUT2D eigenvalue weighted by Gasteiger charge is -2.19. The van der Waals surface area contributed by atoms with Crippen molar-refractivity contribution in [3.05, 3.63) is 96.1 Å². The second kappa shape index (κ2) is 9.37. The van der Waals surface area contributed by atoms with Crippen LogP contribution in [0.1, 0.15) is 15.9 Å². The molecule has 0 radical (unpaired) electrons. The predicted molar refractivity (Wildman–Crippen MR) is 109 cm³/mol. The van der Waals surface area contributed by atoms with Gasteiger partial charge >= 0.3 is 0 Å². The van der Waals surface area contributed by atoms with Crippen molar-refractivity contribution in [3.63, 3.8) is 0 Å². The zero-order chi connectivity index (χ0) is 19.8. The number of carbonyl (C=O) groups excluding carboxylic acids is 2. The van der Waals surface area contributed by atoms with E-state index in [1.165, 1.54) is 0 Å². The van der Waals surface area contributed by atoms with Crippen molar-refractivity contribution in [2.45, 2.75) is 12.5 Å². The van der Waals surface area contributed by atoms with Gasteiger partial charge in [-0.25, -0.2) is 0 Å². The highest BCUT2D eigenvalue weighted by Crippen LogP contribution is 2.16. The van der Waals surface area contributed by atoms with Gasteiger partial charge in [0.2, 0.25) is 5.91 Å². The Bertz CT molecular complexity index is 910. The van der Waals surface area contributed by atoms with E-state index < -0.39 is 6.04 Å². The number of anilines is 1. The number of hydrogen-bond acceptors (Lipinski definition) is 3. The van der Waals surface area contributed by atoms with Crippen LogP contribution in [0.15, 0.2) is 84.9 Å². The zero-order valence-corrected chi connectivity index (χ0v) is 15.6. The molecule has 0 fully saturated rings. The van der Waals surface area contributed by atoms with Gasteiger partial charge in [-0.3, -0.25) is 9.59 Å². The van der Waals surface area contributed by atoms with Gasteiger partial charge in [0.1, 0.15) is 11.8 Å². The van der Waals surface area contributed by atoms with Crippen molar-refractivity contribution in [2.75, 3.05) is 12.4 Å². The van der Waals surface area contributed by atoms with Crippen molar-refractivity contribution >= 4 is 17.5 Å². The van der Waals surface area contributed by atoms with Crippen molar-refractivity contribution in [3.8, 4) is 5.75 Å². The van der Waals surface area contributed by atoms with Gasteiger partial charge in [-0.1, -0.05) is 48.5 Å². The SMILES string of the molecule is COc1ccc(NC(=O)C(Cc2ccccc2)NC(=O)c2ccccc2)cc1. The maximum absolute atomic E-state index is 12.9. The van der Waals surface area contributed by atoms with Gasteiger partial charge in [0.05, 0.1) is 7.11 Å². The fourth-order valence-corrected chi connectivity index (χ4v) is 2.79. The molecule has 0 heterocycles. The number of amides is 2. The van der Waals surface area contributed by atoms with Crippen LogP contribution in [0.5, 0.6) is 5.75 Å². The minimum Gasteiger partial charge on any atom is -0.497 e. The van der Waals surface area contributed by atoms with E-state index in [-0.39, 0.29) is 11.8 Å². The summed E-state index contributed by atoms with van der Waals surface area (Å²) >= 11 is 0. The Hall–Kier alpha value is -3.60. The Morgan fingerprint density at radius 2 is 1.46 bits per heavy atom. The summed E-state index contributed by atoms with van der Waals surface area (Å²) in [7, 11) is 1.59. The molecule has 3 aromatic rings. The number of nitrogens with one attached hydrogen (secondary N) is 2.